The van der Waals surface area contributed by atoms with Crippen LogP contribution in [0.25, 0.3) is 11.3 Å². The van der Waals surface area contributed by atoms with Gasteiger partial charge in [-0.15, -0.1) is 0 Å². The molecule has 1 atom stereocenters. The van der Waals surface area contributed by atoms with Crippen LogP contribution in [-0.4, -0.2) is 41.4 Å². The van der Waals surface area contributed by atoms with E-state index >= 15 is 0 Å². The Kier molecular flexibility index (Phi) is 9.21. The molecule has 12 heteroatoms. The first kappa shape index (κ1) is 25.9. The summed E-state index contributed by atoms with van der Waals surface area (Å²) in [5, 5.41) is 7.58. The lowest BCUT2D eigenvalue weighted by atomic mass is 10.2. The summed E-state index contributed by atoms with van der Waals surface area (Å²) in [4.78, 5) is 24.5. The summed E-state index contributed by atoms with van der Waals surface area (Å²) in [6.07, 6.45) is -0.791. The number of hydrogen-bond donors (Lipinski definition) is 3. The van der Waals surface area contributed by atoms with Gasteiger partial charge in [0, 0.05) is 25.6 Å². The van der Waals surface area contributed by atoms with Crippen molar-refractivity contribution < 1.29 is 23.2 Å². The Bertz CT molecular complexity index is 1150. The van der Waals surface area contributed by atoms with E-state index in [1.54, 1.807) is 6.07 Å². The van der Waals surface area contributed by atoms with Gasteiger partial charge in [-0.25, -0.2) is 14.6 Å². The second-order valence-electron chi connectivity index (χ2n) is 7.09. The summed E-state index contributed by atoms with van der Waals surface area (Å²) in [6, 6.07) is 13.0. The second-order valence-corrected chi connectivity index (χ2v) is 8.55. The third-order valence-corrected chi connectivity index (χ3v) is 6.17. The van der Waals surface area contributed by atoms with Crippen molar-refractivity contribution in [1.82, 2.24) is 15.6 Å². The largest absolute Gasteiger partial charge is 0.447 e. The maximum atomic E-state index is 13.7. The Balaban J connectivity index is 1.59. The zero-order chi connectivity index (χ0) is 24.7. The average molecular weight is 602 g/mol. The zero-order valence-corrected chi connectivity index (χ0v) is 21.0. The fourth-order valence-electron chi connectivity index (χ4n) is 3.03. The summed E-state index contributed by atoms with van der Waals surface area (Å²) in [7, 11) is 0. The van der Waals surface area contributed by atoms with Gasteiger partial charge in [-0.05, 0) is 34.2 Å². The summed E-state index contributed by atoms with van der Waals surface area (Å²) < 4.78 is 24.9. The van der Waals surface area contributed by atoms with Crippen LogP contribution in [-0.2, 0) is 16.1 Å². The minimum absolute atomic E-state index is 0.00358. The topological polar surface area (TPSA) is 123 Å². The van der Waals surface area contributed by atoms with Crippen molar-refractivity contribution in [3.8, 4) is 11.3 Å². The van der Waals surface area contributed by atoms with E-state index in [-0.39, 0.29) is 36.4 Å². The maximum Gasteiger partial charge on any atom is 0.412 e. The lowest BCUT2D eigenvalue weighted by Crippen LogP contribution is -2.53. The van der Waals surface area contributed by atoms with Gasteiger partial charge in [0.1, 0.15) is 16.0 Å². The highest BCUT2D eigenvalue weighted by Crippen LogP contribution is 2.30. The van der Waals surface area contributed by atoms with Crippen molar-refractivity contribution in [3.63, 3.8) is 0 Å². The van der Waals surface area contributed by atoms with Crippen LogP contribution in [0.5, 0.6) is 0 Å². The van der Waals surface area contributed by atoms with Crippen molar-refractivity contribution in [2.75, 3.05) is 18.5 Å². The fourth-order valence-corrected chi connectivity index (χ4v) is 3.87. The molecule has 0 saturated carbocycles. The molecule has 2 aromatic carbocycles. The van der Waals surface area contributed by atoms with Crippen molar-refractivity contribution >= 4 is 52.0 Å². The standard InChI is InChI=1S/C22H22ClFIN5O4/c1-13(31)30(27-11-15-8-5-9-17(24)18(15)23)16(10-26)12-33-22(32)28-21-19(25)20(34-29-21)14-6-3-2-4-7-14/h2-9,16,27H,10-12,26H2,1H3,(H,28,29,32)/t16-/m0/s1. The highest BCUT2D eigenvalue weighted by molar-refractivity contribution is 14.1. The predicted molar refractivity (Wildman–Crippen MR) is 133 cm³/mol. The number of ether oxygens (including phenoxy) is 1. The van der Waals surface area contributed by atoms with Crippen LogP contribution in [0.4, 0.5) is 15.0 Å². The van der Waals surface area contributed by atoms with E-state index < -0.39 is 18.0 Å². The Morgan fingerprint density at radius 3 is 2.68 bits per heavy atom. The van der Waals surface area contributed by atoms with Gasteiger partial charge in [-0.2, -0.15) is 0 Å². The van der Waals surface area contributed by atoms with Crippen LogP contribution < -0.4 is 16.5 Å². The monoisotopic (exact) mass is 601 g/mol. The molecule has 0 unspecified atom stereocenters. The Morgan fingerprint density at radius 2 is 2.00 bits per heavy atom. The molecule has 180 valence electrons. The number of benzene rings is 2. The van der Waals surface area contributed by atoms with E-state index in [4.69, 9.17) is 26.6 Å². The number of anilines is 1. The van der Waals surface area contributed by atoms with Crippen molar-refractivity contribution in [2.24, 2.45) is 5.73 Å². The minimum Gasteiger partial charge on any atom is -0.447 e. The molecule has 2 amide bonds. The second kappa shape index (κ2) is 12.1. The molecule has 0 aliphatic rings. The SMILES string of the molecule is CC(=O)N(NCc1cccc(F)c1Cl)[C@@H](CN)COC(=O)Nc1noc(-c2ccccc2)c1I. The summed E-state index contributed by atoms with van der Waals surface area (Å²) >= 11 is 7.98. The predicted octanol–water partition coefficient (Wildman–Crippen LogP) is 4.17. The van der Waals surface area contributed by atoms with Gasteiger partial charge in [-0.3, -0.25) is 15.1 Å². The smallest absolute Gasteiger partial charge is 0.412 e. The van der Waals surface area contributed by atoms with E-state index in [1.165, 1.54) is 24.1 Å². The highest BCUT2D eigenvalue weighted by atomic mass is 127. The molecule has 0 radical (unpaired) electrons. The number of carbonyl (C=O) groups is 2. The number of nitrogens with zero attached hydrogens (tertiary/aromatic N) is 2. The molecule has 0 aliphatic heterocycles. The number of nitrogens with one attached hydrogen (secondary N) is 2. The third kappa shape index (κ3) is 6.44. The Labute approximate surface area is 213 Å². The van der Waals surface area contributed by atoms with E-state index in [1.807, 2.05) is 52.9 Å². The number of aromatic nitrogens is 1. The molecule has 1 heterocycles. The first-order chi connectivity index (χ1) is 16.3. The Morgan fingerprint density at radius 1 is 1.26 bits per heavy atom. The van der Waals surface area contributed by atoms with Gasteiger partial charge in [0.15, 0.2) is 11.6 Å². The fraction of sp³-hybridized carbons (Fsp3) is 0.227. The molecule has 0 aliphatic carbocycles. The summed E-state index contributed by atoms with van der Waals surface area (Å²) in [5.74, 6) is -0.218. The van der Waals surface area contributed by atoms with Crippen LogP contribution in [0.1, 0.15) is 12.5 Å². The molecule has 0 fully saturated rings. The first-order valence-electron chi connectivity index (χ1n) is 10.1. The van der Waals surface area contributed by atoms with Crippen molar-refractivity contribution in [2.45, 2.75) is 19.5 Å². The average Bonchev–Trinajstić information content (AvgIpc) is 3.18. The van der Waals surface area contributed by atoms with Crippen LogP contribution >= 0.6 is 34.2 Å². The van der Waals surface area contributed by atoms with Gasteiger partial charge in [0.05, 0.1) is 11.1 Å². The molecular weight excluding hydrogens is 580 g/mol. The number of rotatable bonds is 9. The van der Waals surface area contributed by atoms with Gasteiger partial charge in [-0.1, -0.05) is 59.2 Å². The molecule has 3 aromatic rings. The minimum atomic E-state index is -0.791. The molecule has 0 bridgehead atoms. The quantitative estimate of drug-likeness (QED) is 0.249. The first-order valence-corrected chi connectivity index (χ1v) is 11.6. The Hall–Kier alpha value is -2.74. The molecule has 0 saturated heterocycles. The molecule has 0 spiro atoms. The van der Waals surface area contributed by atoms with Crippen LogP contribution in [0, 0.1) is 9.39 Å². The van der Waals surface area contributed by atoms with E-state index in [0.717, 1.165) is 5.56 Å². The molecule has 4 N–H and O–H groups in total. The summed E-state index contributed by atoms with van der Waals surface area (Å²) in [6.45, 7) is 1.19. The van der Waals surface area contributed by atoms with Crippen LogP contribution in [0.3, 0.4) is 0 Å². The number of hydrogen-bond acceptors (Lipinski definition) is 7. The van der Waals surface area contributed by atoms with Crippen LogP contribution in [0.15, 0.2) is 53.1 Å². The normalized spacial score (nSPS) is 11.7. The molecule has 34 heavy (non-hydrogen) atoms. The molecule has 9 nitrogen and oxygen atoms in total. The highest BCUT2D eigenvalue weighted by Gasteiger charge is 2.23. The van der Waals surface area contributed by atoms with Crippen molar-refractivity contribution in [1.29, 1.82) is 0 Å². The van der Waals surface area contributed by atoms with Crippen molar-refractivity contribution in [3.05, 3.63) is 68.5 Å². The van der Waals surface area contributed by atoms with E-state index in [0.29, 0.717) is 14.9 Å². The lowest BCUT2D eigenvalue weighted by Gasteiger charge is -2.30. The zero-order valence-electron chi connectivity index (χ0n) is 18.1. The van der Waals surface area contributed by atoms with Gasteiger partial charge >= 0.3 is 6.09 Å². The number of hydrazine groups is 1. The third-order valence-electron chi connectivity index (χ3n) is 4.75. The van der Waals surface area contributed by atoms with E-state index in [2.05, 4.69) is 15.9 Å². The van der Waals surface area contributed by atoms with Crippen LogP contribution in [0.2, 0.25) is 5.02 Å². The molecular formula is C22H22ClFIN5O4. The van der Waals surface area contributed by atoms with Gasteiger partial charge in [0.25, 0.3) is 0 Å². The number of amides is 2. The number of carbonyl (C=O) groups excluding carboxylic acids is 2. The van der Waals surface area contributed by atoms with Gasteiger partial charge in [0.2, 0.25) is 5.91 Å². The summed E-state index contributed by atoms with van der Waals surface area (Å²) in [5.41, 5.74) is 9.94. The number of nitrogens with two attached hydrogens (primary N) is 1. The molecule has 1 aromatic heterocycles. The van der Waals surface area contributed by atoms with Gasteiger partial charge < -0.3 is 15.0 Å². The molecule has 3 rings (SSSR count). The lowest BCUT2D eigenvalue weighted by molar-refractivity contribution is -0.136. The number of halogens is 3. The van der Waals surface area contributed by atoms with E-state index in [9.17, 15) is 14.0 Å². The maximum absolute atomic E-state index is 13.7.